The van der Waals surface area contributed by atoms with Gasteiger partial charge in [-0.15, -0.1) is 0 Å². The maximum Gasteiger partial charge on any atom is 0.308 e. The van der Waals surface area contributed by atoms with E-state index in [0.717, 1.165) is 5.56 Å². The molecular formula is C22H30BN3O4. The van der Waals surface area contributed by atoms with Gasteiger partial charge < -0.3 is 15.4 Å². The highest BCUT2D eigenvalue weighted by Crippen LogP contribution is 2.18. The number of hydrogen-bond acceptors (Lipinski definition) is 6. The molecule has 1 heterocycles. The molecule has 30 heavy (non-hydrogen) atoms. The third kappa shape index (κ3) is 6.74. The van der Waals surface area contributed by atoms with E-state index in [1.807, 2.05) is 44.2 Å². The van der Waals surface area contributed by atoms with Gasteiger partial charge in [0, 0.05) is 17.9 Å². The number of ketones is 1. The van der Waals surface area contributed by atoms with Gasteiger partial charge >= 0.3 is 6.92 Å². The molecule has 7 nitrogen and oxygen atoms in total. The molecule has 0 spiro atoms. The average molecular weight is 411 g/mol. The Kier molecular flexibility index (Phi) is 8.68. The van der Waals surface area contributed by atoms with Gasteiger partial charge in [0.05, 0.1) is 30.1 Å². The number of nitrogens with one attached hydrogen (secondary N) is 1. The monoisotopic (exact) mass is 411 g/mol. The van der Waals surface area contributed by atoms with Crippen LogP contribution in [0.15, 0.2) is 42.7 Å². The van der Waals surface area contributed by atoms with E-state index in [4.69, 9.17) is 0 Å². The predicted octanol–water partition coefficient (Wildman–Crippen LogP) is 2.40. The summed E-state index contributed by atoms with van der Waals surface area (Å²) in [6, 6.07) is 9.37. The van der Waals surface area contributed by atoms with Crippen molar-refractivity contribution in [3.8, 4) is 11.3 Å². The first-order valence-corrected chi connectivity index (χ1v) is 10.3. The summed E-state index contributed by atoms with van der Waals surface area (Å²) in [4.78, 5) is 34.0. The zero-order valence-corrected chi connectivity index (χ0v) is 17.9. The zero-order valence-electron chi connectivity index (χ0n) is 17.9. The SMILES string of the molecule is CB(O)[C@H](CC(C)C)NC(=O)[C@@H](CC(=O)c1cncc(-c2ccccc2)n1)[C@@H](C)O. The summed E-state index contributed by atoms with van der Waals surface area (Å²) in [5, 5.41) is 22.9. The number of rotatable bonds is 10. The molecule has 2 aromatic rings. The van der Waals surface area contributed by atoms with Crippen LogP contribution in [-0.4, -0.2) is 50.7 Å². The van der Waals surface area contributed by atoms with Crippen LogP contribution in [0.1, 0.15) is 44.1 Å². The van der Waals surface area contributed by atoms with Crippen LogP contribution >= 0.6 is 0 Å². The summed E-state index contributed by atoms with van der Waals surface area (Å²) in [5.74, 6) is -1.97. The van der Waals surface area contributed by atoms with E-state index in [9.17, 15) is 19.7 Å². The second-order valence-electron chi connectivity index (χ2n) is 8.12. The lowest BCUT2D eigenvalue weighted by Gasteiger charge is -2.25. The molecule has 0 aliphatic rings. The Hall–Kier alpha value is -2.58. The normalized spacial score (nSPS) is 14.1. The van der Waals surface area contributed by atoms with Crippen LogP contribution in [0.5, 0.6) is 0 Å². The Balaban J connectivity index is 2.14. The van der Waals surface area contributed by atoms with E-state index in [0.29, 0.717) is 12.1 Å². The number of carbonyl (C=O) groups excluding carboxylic acids is 2. The highest BCUT2D eigenvalue weighted by atomic mass is 16.3. The number of carbonyl (C=O) groups is 2. The molecule has 0 aliphatic heterocycles. The van der Waals surface area contributed by atoms with Crippen LogP contribution in [0.2, 0.25) is 6.82 Å². The maximum absolute atomic E-state index is 12.8. The van der Waals surface area contributed by atoms with Gasteiger partial charge in [-0.2, -0.15) is 0 Å². The third-order valence-electron chi connectivity index (χ3n) is 4.95. The predicted molar refractivity (Wildman–Crippen MR) is 117 cm³/mol. The third-order valence-corrected chi connectivity index (χ3v) is 4.95. The number of Topliss-reactive ketones (excluding diaryl/α,β-unsaturated/α-hetero) is 1. The van der Waals surface area contributed by atoms with Crippen LogP contribution in [0.3, 0.4) is 0 Å². The summed E-state index contributed by atoms with van der Waals surface area (Å²) in [6.07, 6.45) is 2.29. The molecule has 8 heteroatoms. The second kappa shape index (κ2) is 11.0. The van der Waals surface area contributed by atoms with E-state index in [-0.39, 0.29) is 23.8 Å². The number of aliphatic hydroxyl groups is 1. The van der Waals surface area contributed by atoms with Crippen molar-refractivity contribution >= 4 is 18.6 Å². The number of hydrogen-bond donors (Lipinski definition) is 3. The molecule has 0 bridgehead atoms. The molecule has 0 unspecified atom stereocenters. The Morgan fingerprint density at radius 2 is 1.80 bits per heavy atom. The molecule has 160 valence electrons. The van der Waals surface area contributed by atoms with Gasteiger partial charge in [0.15, 0.2) is 5.78 Å². The number of benzene rings is 1. The first kappa shape index (κ1) is 23.7. The first-order valence-electron chi connectivity index (χ1n) is 10.3. The molecule has 0 saturated carbocycles. The van der Waals surface area contributed by atoms with Crippen molar-refractivity contribution in [1.82, 2.24) is 15.3 Å². The minimum Gasteiger partial charge on any atom is -0.449 e. The lowest BCUT2D eigenvalue weighted by molar-refractivity contribution is -0.128. The number of nitrogens with zero attached hydrogens (tertiary/aromatic N) is 2. The van der Waals surface area contributed by atoms with Crippen LogP contribution in [0.25, 0.3) is 11.3 Å². The van der Waals surface area contributed by atoms with Crippen LogP contribution in [-0.2, 0) is 4.79 Å². The van der Waals surface area contributed by atoms with E-state index < -0.39 is 30.8 Å². The van der Waals surface area contributed by atoms with E-state index in [1.54, 1.807) is 13.0 Å². The Morgan fingerprint density at radius 1 is 1.13 bits per heavy atom. The summed E-state index contributed by atoms with van der Waals surface area (Å²) in [7, 11) is 0. The molecule has 3 atom stereocenters. The molecule has 0 radical (unpaired) electrons. The Bertz CT molecular complexity index is 843. The lowest BCUT2D eigenvalue weighted by Crippen LogP contribution is -2.49. The minimum absolute atomic E-state index is 0.143. The molecule has 0 saturated heterocycles. The van der Waals surface area contributed by atoms with E-state index in [2.05, 4.69) is 15.3 Å². The summed E-state index contributed by atoms with van der Waals surface area (Å²) < 4.78 is 0. The maximum atomic E-state index is 12.8. The van der Waals surface area contributed by atoms with Crippen LogP contribution in [0.4, 0.5) is 0 Å². The van der Waals surface area contributed by atoms with Gasteiger partial charge in [-0.25, -0.2) is 4.98 Å². The summed E-state index contributed by atoms with van der Waals surface area (Å²) in [5.41, 5.74) is 1.53. The topological polar surface area (TPSA) is 112 Å². The molecule has 0 fully saturated rings. The zero-order chi connectivity index (χ0) is 22.3. The number of aliphatic hydroxyl groups excluding tert-OH is 1. The molecular weight excluding hydrogens is 381 g/mol. The van der Waals surface area contributed by atoms with Crippen LogP contribution in [0, 0.1) is 11.8 Å². The molecule has 2 rings (SSSR count). The van der Waals surface area contributed by atoms with Gasteiger partial charge in [-0.05, 0) is 19.3 Å². The van der Waals surface area contributed by atoms with Gasteiger partial charge in [-0.1, -0.05) is 51.0 Å². The average Bonchev–Trinajstić information content (AvgIpc) is 2.71. The first-order chi connectivity index (χ1) is 14.2. The van der Waals surface area contributed by atoms with Gasteiger partial charge in [0.2, 0.25) is 5.91 Å². The second-order valence-corrected chi connectivity index (χ2v) is 8.12. The summed E-state index contributed by atoms with van der Waals surface area (Å²) in [6.45, 7) is 6.34. The highest BCUT2D eigenvalue weighted by molar-refractivity contribution is 6.51. The number of amides is 1. The largest absolute Gasteiger partial charge is 0.449 e. The molecule has 1 aromatic carbocycles. The van der Waals surface area contributed by atoms with Crippen molar-refractivity contribution < 1.29 is 19.7 Å². The van der Waals surface area contributed by atoms with Gasteiger partial charge in [0.25, 0.3) is 0 Å². The van der Waals surface area contributed by atoms with Crippen LogP contribution < -0.4 is 5.32 Å². The fourth-order valence-corrected chi connectivity index (χ4v) is 3.21. The van der Waals surface area contributed by atoms with Gasteiger partial charge in [0.1, 0.15) is 5.69 Å². The van der Waals surface area contributed by atoms with Crippen molar-refractivity contribution in [3.05, 3.63) is 48.4 Å². The molecule has 1 aromatic heterocycles. The van der Waals surface area contributed by atoms with Crippen molar-refractivity contribution in [1.29, 1.82) is 0 Å². The smallest absolute Gasteiger partial charge is 0.308 e. The van der Waals surface area contributed by atoms with Crippen molar-refractivity contribution in [2.24, 2.45) is 11.8 Å². The highest BCUT2D eigenvalue weighted by Gasteiger charge is 2.31. The fraction of sp³-hybridized carbons (Fsp3) is 0.455. The number of aromatic nitrogens is 2. The standard InChI is InChI=1S/C22H30BN3O4/c1-14(2)10-21(23(4)30)26-22(29)17(15(3)27)11-20(28)19-13-24-12-18(25-19)16-8-6-5-7-9-16/h5-9,12-15,17,21,27,30H,10-11H2,1-4H3,(H,26,29)/t15-,17+,21+/m1/s1. The van der Waals surface area contributed by atoms with Gasteiger partial charge in [-0.3, -0.25) is 14.6 Å². The van der Waals surface area contributed by atoms with Crippen molar-refractivity contribution in [3.63, 3.8) is 0 Å². The summed E-state index contributed by atoms with van der Waals surface area (Å²) >= 11 is 0. The molecule has 0 aliphatic carbocycles. The molecule has 3 N–H and O–H groups in total. The quantitative estimate of drug-likeness (QED) is 0.409. The minimum atomic E-state index is -1.03. The van der Waals surface area contributed by atoms with Crippen molar-refractivity contribution in [2.45, 2.75) is 52.5 Å². The fourth-order valence-electron chi connectivity index (χ4n) is 3.21. The lowest BCUT2D eigenvalue weighted by atomic mass is 9.61. The van der Waals surface area contributed by atoms with E-state index in [1.165, 1.54) is 13.1 Å². The van der Waals surface area contributed by atoms with E-state index >= 15 is 0 Å². The Morgan fingerprint density at radius 3 is 2.37 bits per heavy atom. The Labute approximate surface area is 178 Å². The molecule has 1 amide bonds. The van der Waals surface area contributed by atoms with Crippen molar-refractivity contribution in [2.75, 3.05) is 0 Å².